The Labute approximate surface area is 375 Å². The maximum atomic E-state index is 14.0. The van der Waals surface area contributed by atoms with Gasteiger partial charge in [0.25, 0.3) is 0 Å². The molecule has 3 aromatic heterocycles. The highest BCUT2D eigenvalue weighted by Crippen LogP contribution is 2.44. The van der Waals surface area contributed by atoms with E-state index in [9.17, 15) is 24.6 Å². The van der Waals surface area contributed by atoms with E-state index in [0.29, 0.717) is 60.2 Å². The molecule has 3 aromatic rings. The number of amides is 1. The summed E-state index contributed by atoms with van der Waals surface area (Å²) in [5.41, 5.74) is 9.42. The predicted octanol–water partition coefficient (Wildman–Crippen LogP) is 9.05. The van der Waals surface area contributed by atoms with Crippen LogP contribution in [0.2, 0.25) is 0 Å². The van der Waals surface area contributed by atoms with Gasteiger partial charge in [0.1, 0.15) is 0 Å². The number of nitrogens with zero attached hydrogens (tertiary/aromatic N) is 2. The first-order chi connectivity index (χ1) is 29.8. The number of carbonyl (C=O) groups excluding carboxylic acids is 1. The summed E-state index contributed by atoms with van der Waals surface area (Å²) in [7, 11) is 0. The Kier molecular flexibility index (Phi) is 16.6. The minimum atomic E-state index is -1.17. The van der Waals surface area contributed by atoms with E-state index in [4.69, 9.17) is 24.5 Å². The summed E-state index contributed by atoms with van der Waals surface area (Å²) >= 11 is 1.74. The largest absolute Gasteiger partial charge is 0.481 e. The molecule has 8 bridgehead atoms. The molecule has 2 aliphatic heterocycles. The summed E-state index contributed by atoms with van der Waals surface area (Å²) in [6.45, 7) is 23.4. The number of aromatic nitrogens is 4. The van der Waals surface area contributed by atoms with Gasteiger partial charge in [0, 0.05) is 69.4 Å². The Morgan fingerprint density at radius 2 is 1.59 bits per heavy atom. The first-order valence-corrected chi connectivity index (χ1v) is 23.2. The number of aliphatic hydroxyl groups is 1. The third-order valence-electron chi connectivity index (χ3n) is 12.4. The summed E-state index contributed by atoms with van der Waals surface area (Å²) in [6, 6.07) is 5.92. The lowest BCUT2D eigenvalue weighted by atomic mass is 9.84. The Morgan fingerprint density at radius 3 is 2.25 bits per heavy atom. The highest BCUT2D eigenvalue weighted by molar-refractivity contribution is 7.99. The van der Waals surface area contributed by atoms with Crippen molar-refractivity contribution in [2.45, 2.75) is 130 Å². The molecule has 2 aliphatic rings. The number of nitrogens with one attached hydrogen (secondary N) is 3. The fourth-order valence-electron chi connectivity index (χ4n) is 8.60. The third-order valence-corrected chi connectivity index (χ3v) is 13.4. The first kappa shape index (κ1) is 49.3. The van der Waals surface area contributed by atoms with Crippen LogP contribution < -0.4 is 5.32 Å². The van der Waals surface area contributed by atoms with Gasteiger partial charge in [-0.25, -0.2) is 9.78 Å². The van der Waals surface area contributed by atoms with Crippen LogP contribution in [-0.4, -0.2) is 102 Å². The number of thioether (sulfide) groups is 1. The van der Waals surface area contributed by atoms with Gasteiger partial charge in [-0.1, -0.05) is 26.5 Å². The number of ether oxygens (including phenoxy) is 2. The average Bonchev–Trinajstić information content (AvgIpc) is 3.90. The average molecular weight is 886 g/mol. The zero-order chi connectivity index (χ0) is 46.2. The Bertz CT molecular complexity index is 2390. The lowest BCUT2D eigenvalue weighted by Gasteiger charge is -2.29. The number of allylic oxidation sites excluding steroid dienone is 1. The number of fused-ring (bicyclic) bond motifs is 8. The zero-order valence-electron chi connectivity index (χ0n) is 38.5. The van der Waals surface area contributed by atoms with Crippen molar-refractivity contribution in [1.29, 1.82) is 0 Å². The van der Waals surface area contributed by atoms with Crippen molar-refractivity contribution in [2.24, 2.45) is 0 Å². The molecule has 2 unspecified atom stereocenters. The number of carboxylic acids is 2. The van der Waals surface area contributed by atoms with Crippen LogP contribution >= 0.6 is 11.8 Å². The molecule has 0 radical (unpaired) electrons. The second-order valence-corrected chi connectivity index (χ2v) is 19.1. The van der Waals surface area contributed by atoms with Crippen molar-refractivity contribution in [2.75, 3.05) is 37.9 Å². The highest BCUT2D eigenvalue weighted by atomic mass is 32.2. The summed E-state index contributed by atoms with van der Waals surface area (Å²) in [4.78, 5) is 56.5. The van der Waals surface area contributed by atoms with Crippen LogP contribution in [0.5, 0.6) is 0 Å². The molecule has 0 fully saturated rings. The maximum absolute atomic E-state index is 14.0. The monoisotopic (exact) mass is 885 g/mol. The molecule has 0 saturated carbocycles. The molecule has 0 saturated heterocycles. The molecule has 1 amide bonds. The minimum Gasteiger partial charge on any atom is -0.481 e. The Balaban J connectivity index is 1.49. The quantitative estimate of drug-likeness (QED) is 0.0526. The topological polar surface area (TPSA) is 200 Å². The van der Waals surface area contributed by atoms with Gasteiger partial charge in [-0.15, -0.1) is 0 Å². The van der Waals surface area contributed by atoms with Crippen LogP contribution in [0.3, 0.4) is 0 Å². The van der Waals surface area contributed by atoms with Crippen molar-refractivity contribution in [1.82, 2.24) is 25.3 Å². The fourth-order valence-corrected chi connectivity index (χ4v) is 9.40. The number of aryl methyl sites for hydroxylation is 3. The standard InChI is InChI=1S/C49H67N5O8S/c1-11-32-28(3)36-25-38-30(5)34(14-15-43(57)58)45(53-38)35(24-42(56)50-18-23-63-22-13-16-48(7,8)61-20-17-49(9,10)62-21-19-55)46-44(47(59)60)31(6)39(54-46)27-41-33(12-2)29(4)37(52-41)26-40(32)51-36/h11,25-27,30,34,51-52,55H,1,12-24H2,2-10H3,(H,50,56)(H,57,58)(H,59,60). The molecule has 5 rings (SSSR count). The normalized spacial score (nSPS) is 15.5. The van der Waals surface area contributed by atoms with Crippen molar-refractivity contribution in [3.63, 3.8) is 0 Å². The molecule has 6 N–H and O–H groups in total. The number of carbonyl (C=O) groups is 3. The number of carboxylic acid groups (broad SMARTS) is 2. The smallest absolute Gasteiger partial charge is 0.338 e. The molecule has 2 atom stereocenters. The van der Waals surface area contributed by atoms with E-state index >= 15 is 0 Å². The molecule has 0 spiro atoms. The van der Waals surface area contributed by atoms with Crippen molar-refractivity contribution >= 4 is 68.9 Å². The van der Waals surface area contributed by atoms with Gasteiger partial charge in [-0.2, -0.15) is 11.8 Å². The SMILES string of the molecule is C=Cc1c(C)c2cc3nc(c(CC(=O)NCCSCCCC(C)(C)OCCC(C)(C)OCCO)c4nc(cc5[nH]c(cc1[nH]2)c(C)c5CC)C(C)=C4C(=O)O)C(CCC(=O)O)C3C. The van der Waals surface area contributed by atoms with Gasteiger partial charge in [0.05, 0.1) is 60.1 Å². The fraction of sp³-hybridized carbons (Fsp3) is 0.531. The van der Waals surface area contributed by atoms with Crippen molar-refractivity contribution < 1.29 is 39.2 Å². The van der Waals surface area contributed by atoms with E-state index < -0.39 is 17.9 Å². The van der Waals surface area contributed by atoms with Gasteiger partial charge in [0.2, 0.25) is 5.91 Å². The molecule has 63 heavy (non-hydrogen) atoms. The van der Waals surface area contributed by atoms with Gasteiger partial charge in [-0.05, 0) is 127 Å². The Morgan fingerprint density at radius 1 is 0.905 bits per heavy atom. The molecular formula is C49H67N5O8S. The van der Waals surface area contributed by atoms with E-state index in [1.807, 2.05) is 45.9 Å². The van der Waals surface area contributed by atoms with E-state index in [-0.39, 0.29) is 60.2 Å². The van der Waals surface area contributed by atoms with Crippen LogP contribution in [0.1, 0.15) is 143 Å². The number of aliphatic carboxylic acids is 2. The van der Waals surface area contributed by atoms with Crippen LogP contribution in [-0.2, 0) is 36.7 Å². The van der Waals surface area contributed by atoms with Crippen LogP contribution in [0.15, 0.2) is 24.8 Å². The zero-order valence-corrected chi connectivity index (χ0v) is 39.4. The molecule has 13 nitrogen and oxygen atoms in total. The van der Waals surface area contributed by atoms with Crippen LogP contribution in [0.25, 0.3) is 39.3 Å². The predicted molar refractivity (Wildman–Crippen MR) is 253 cm³/mol. The van der Waals surface area contributed by atoms with Crippen molar-refractivity contribution in [3.05, 3.63) is 75.4 Å². The van der Waals surface area contributed by atoms with Gasteiger partial charge < -0.3 is 40.1 Å². The summed E-state index contributed by atoms with van der Waals surface area (Å²) in [6.07, 6.45) is 4.97. The number of hydrogen-bond acceptors (Lipinski definition) is 9. The van der Waals surface area contributed by atoms with Gasteiger partial charge in [-0.3, -0.25) is 14.6 Å². The van der Waals surface area contributed by atoms with E-state index in [0.717, 1.165) is 69.3 Å². The molecule has 342 valence electrons. The molecule has 5 heterocycles. The molecule has 0 aromatic carbocycles. The summed E-state index contributed by atoms with van der Waals surface area (Å²) in [5, 5.41) is 32.7. The highest BCUT2D eigenvalue weighted by Gasteiger charge is 2.35. The molecule has 14 heteroatoms. The van der Waals surface area contributed by atoms with Crippen molar-refractivity contribution in [3.8, 4) is 0 Å². The summed E-state index contributed by atoms with van der Waals surface area (Å²) in [5.74, 6) is -1.55. The van der Waals surface area contributed by atoms with E-state index in [2.05, 4.69) is 55.6 Å². The number of H-pyrrole nitrogens is 2. The number of aliphatic hydroxyl groups excluding tert-OH is 1. The summed E-state index contributed by atoms with van der Waals surface area (Å²) < 4.78 is 11.9. The van der Waals surface area contributed by atoms with Gasteiger partial charge >= 0.3 is 11.9 Å². The number of aromatic amines is 2. The maximum Gasteiger partial charge on any atom is 0.338 e. The third kappa shape index (κ3) is 12.1. The lowest BCUT2D eigenvalue weighted by molar-refractivity contribution is -0.137. The van der Waals surface area contributed by atoms with E-state index in [1.54, 1.807) is 18.7 Å². The second-order valence-electron chi connectivity index (χ2n) is 17.8. The number of rotatable bonds is 22. The van der Waals surface area contributed by atoms with E-state index in [1.165, 1.54) is 0 Å². The first-order valence-electron chi connectivity index (χ1n) is 22.1. The minimum absolute atomic E-state index is 0.00694. The van der Waals surface area contributed by atoms with Crippen LogP contribution in [0, 0.1) is 13.8 Å². The molecular weight excluding hydrogens is 819 g/mol. The van der Waals surface area contributed by atoms with Gasteiger partial charge in [0.15, 0.2) is 0 Å². The van der Waals surface area contributed by atoms with Crippen LogP contribution in [0.4, 0.5) is 0 Å². The lowest BCUT2D eigenvalue weighted by Crippen LogP contribution is -2.31. The molecule has 0 aliphatic carbocycles. The Hall–Kier alpha value is -4.76. The second kappa shape index (κ2) is 21.3. The number of hydrogen-bond donors (Lipinski definition) is 6.